The molecule has 0 aliphatic carbocycles. The summed E-state index contributed by atoms with van der Waals surface area (Å²) in [5, 5.41) is 7.72. The van der Waals surface area contributed by atoms with Crippen LogP contribution >= 0.6 is 24.0 Å². The Morgan fingerprint density at radius 3 is 2.50 bits per heavy atom. The van der Waals surface area contributed by atoms with Crippen molar-refractivity contribution in [2.24, 2.45) is 12.0 Å². The molecule has 1 aliphatic heterocycles. The molecule has 1 N–H and O–H groups in total. The first-order chi connectivity index (χ1) is 15.0. The number of amides is 1. The molecule has 0 radical (unpaired) electrons. The van der Waals surface area contributed by atoms with Gasteiger partial charge in [0.1, 0.15) is 6.54 Å². The number of nitrogens with one attached hydrogen (secondary N) is 1. The molecule has 1 unspecified atom stereocenters. The molecule has 1 atom stereocenters. The Morgan fingerprint density at radius 2 is 1.94 bits per heavy atom. The van der Waals surface area contributed by atoms with E-state index in [0.717, 1.165) is 44.2 Å². The van der Waals surface area contributed by atoms with E-state index in [4.69, 9.17) is 0 Å². The van der Waals surface area contributed by atoms with Gasteiger partial charge in [0.25, 0.3) is 0 Å². The van der Waals surface area contributed by atoms with Gasteiger partial charge in [0, 0.05) is 46.0 Å². The first-order valence-electron chi connectivity index (χ1n) is 11.1. The minimum Gasteiger partial charge on any atom is -0.355 e. The molecule has 1 aromatic heterocycles. The summed E-state index contributed by atoms with van der Waals surface area (Å²) < 4.78 is 1.72. The van der Waals surface area contributed by atoms with Crippen LogP contribution < -0.4 is 10.2 Å². The molecule has 8 nitrogen and oxygen atoms in total. The van der Waals surface area contributed by atoms with Gasteiger partial charge < -0.3 is 15.1 Å². The van der Waals surface area contributed by atoms with E-state index in [-0.39, 0.29) is 29.9 Å². The third kappa shape index (κ3) is 6.68. The lowest BCUT2D eigenvalue weighted by Crippen LogP contribution is -2.57. The topological polar surface area (TPSA) is 69.0 Å². The molecule has 1 fully saturated rings. The van der Waals surface area contributed by atoms with Crippen molar-refractivity contribution in [2.75, 3.05) is 51.2 Å². The van der Waals surface area contributed by atoms with Crippen molar-refractivity contribution in [2.45, 2.75) is 26.3 Å². The second-order valence-corrected chi connectivity index (χ2v) is 7.83. The van der Waals surface area contributed by atoms with Crippen molar-refractivity contribution in [1.82, 2.24) is 24.9 Å². The number of aromatic nitrogens is 2. The number of carbonyl (C=O) groups is 1. The van der Waals surface area contributed by atoms with Gasteiger partial charge in [0.2, 0.25) is 5.91 Å². The van der Waals surface area contributed by atoms with Crippen molar-refractivity contribution in [1.29, 1.82) is 0 Å². The number of benzene rings is 1. The minimum absolute atomic E-state index is 0. The number of aliphatic imine (C=N–C) groups is 1. The highest BCUT2D eigenvalue weighted by Crippen LogP contribution is 2.16. The van der Waals surface area contributed by atoms with Crippen LogP contribution in [0.5, 0.6) is 0 Å². The zero-order valence-electron chi connectivity index (χ0n) is 19.6. The molecule has 0 spiro atoms. The van der Waals surface area contributed by atoms with Gasteiger partial charge in [0.05, 0.1) is 11.9 Å². The molecule has 1 saturated heterocycles. The molecule has 176 valence electrons. The second-order valence-electron chi connectivity index (χ2n) is 7.83. The summed E-state index contributed by atoms with van der Waals surface area (Å²) in [5.74, 6) is 0.844. The van der Waals surface area contributed by atoms with E-state index in [1.165, 1.54) is 5.56 Å². The first kappa shape index (κ1) is 26.1. The summed E-state index contributed by atoms with van der Waals surface area (Å²) in [6.07, 6.45) is 4.58. The zero-order chi connectivity index (χ0) is 22.2. The molecule has 1 aromatic carbocycles. The van der Waals surface area contributed by atoms with Crippen molar-refractivity contribution < 1.29 is 4.79 Å². The quantitative estimate of drug-likeness (QED) is 0.309. The highest BCUT2D eigenvalue weighted by atomic mass is 127. The summed E-state index contributed by atoms with van der Waals surface area (Å²) in [7, 11) is 3.64. The largest absolute Gasteiger partial charge is 0.355 e. The Bertz CT molecular complexity index is 866. The Labute approximate surface area is 208 Å². The number of likely N-dealkylation sites (N-methyl/N-ethyl adjacent to an activating group) is 1. The number of halogens is 1. The van der Waals surface area contributed by atoms with Gasteiger partial charge in [-0.05, 0) is 25.1 Å². The van der Waals surface area contributed by atoms with Crippen LogP contribution in [0.15, 0.2) is 47.7 Å². The number of guanidine groups is 1. The Balaban J connectivity index is 0.00000363. The van der Waals surface area contributed by atoms with Gasteiger partial charge in [-0.2, -0.15) is 5.10 Å². The maximum atomic E-state index is 12.8. The lowest BCUT2D eigenvalue weighted by molar-refractivity contribution is -0.120. The standard InChI is InChI=1S/C23H35N7O.HI/c1-5-28(6-2)20(14-19-10-8-7-9-11-19)15-25-23(24-3)29-12-13-30(22(31)18-29)21-16-26-27(4)17-21;/h7-11,16-17,20H,5-6,12-15,18H2,1-4H3,(H,24,25);1H. The molecule has 1 aliphatic rings. The first-order valence-corrected chi connectivity index (χ1v) is 11.1. The van der Waals surface area contributed by atoms with Crippen molar-refractivity contribution in [3.05, 3.63) is 48.3 Å². The van der Waals surface area contributed by atoms with E-state index in [0.29, 0.717) is 19.1 Å². The van der Waals surface area contributed by atoms with Crippen LogP contribution in [0.4, 0.5) is 5.69 Å². The lowest BCUT2D eigenvalue weighted by Gasteiger charge is -2.36. The highest BCUT2D eigenvalue weighted by molar-refractivity contribution is 14.0. The Morgan fingerprint density at radius 1 is 1.22 bits per heavy atom. The minimum atomic E-state index is 0. The van der Waals surface area contributed by atoms with Gasteiger partial charge in [-0.15, -0.1) is 24.0 Å². The average Bonchev–Trinajstić information content (AvgIpc) is 3.21. The highest BCUT2D eigenvalue weighted by Gasteiger charge is 2.28. The van der Waals surface area contributed by atoms with E-state index in [1.54, 1.807) is 22.8 Å². The maximum absolute atomic E-state index is 12.8. The lowest BCUT2D eigenvalue weighted by atomic mass is 10.0. The number of nitrogens with zero attached hydrogens (tertiary/aromatic N) is 6. The number of anilines is 1. The van der Waals surface area contributed by atoms with Crippen molar-refractivity contribution >= 4 is 41.5 Å². The van der Waals surface area contributed by atoms with E-state index in [9.17, 15) is 4.79 Å². The number of rotatable bonds is 8. The summed E-state index contributed by atoms with van der Waals surface area (Å²) >= 11 is 0. The van der Waals surface area contributed by atoms with Crippen molar-refractivity contribution in [3.63, 3.8) is 0 Å². The predicted molar refractivity (Wildman–Crippen MR) is 141 cm³/mol. The summed E-state index contributed by atoms with van der Waals surface area (Å²) in [6.45, 7) is 8.83. The van der Waals surface area contributed by atoms with Crippen LogP contribution in [0.3, 0.4) is 0 Å². The normalized spacial score (nSPS) is 15.7. The number of hydrogen-bond donors (Lipinski definition) is 1. The van der Waals surface area contributed by atoms with E-state index in [2.05, 4.69) is 64.5 Å². The number of aryl methyl sites for hydroxylation is 1. The van der Waals surface area contributed by atoms with Crippen LogP contribution in [0, 0.1) is 0 Å². The van der Waals surface area contributed by atoms with Gasteiger partial charge in [-0.25, -0.2) is 0 Å². The molecule has 2 heterocycles. The third-order valence-electron chi connectivity index (χ3n) is 5.87. The fraction of sp³-hybridized carbons (Fsp3) is 0.522. The van der Waals surface area contributed by atoms with Crippen LogP contribution in [0.1, 0.15) is 19.4 Å². The maximum Gasteiger partial charge on any atom is 0.246 e. The SMILES string of the molecule is CCN(CC)C(CNC(=NC)N1CCN(c2cnn(C)c2)C(=O)C1)Cc1ccccc1.I. The summed E-state index contributed by atoms with van der Waals surface area (Å²) in [6, 6.07) is 10.9. The monoisotopic (exact) mass is 553 g/mol. The van der Waals surface area contributed by atoms with Crippen LogP contribution in [-0.2, 0) is 18.3 Å². The summed E-state index contributed by atoms with van der Waals surface area (Å²) in [4.78, 5) is 23.5. The number of piperazine rings is 1. The molecule has 0 saturated carbocycles. The molecule has 3 rings (SSSR count). The molecular formula is C23H36IN7O. The van der Waals surface area contributed by atoms with Crippen LogP contribution in [0.2, 0.25) is 0 Å². The average molecular weight is 553 g/mol. The molecule has 32 heavy (non-hydrogen) atoms. The molecule has 9 heteroatoms. The van der Waals surface area contributed by atoms with E-state index < -0.39 is 0 Å². The number of carbonyl (C=O) groups excluding carboxylic acids is 1. The van der Waals surface area contributed by atoms with Crippen LogP contribution in [0.25, 0.3) is 0 Å². The fourth-order valence-corrected chi connectivity index (χ4v) is 4.17. The van der Waals surface area contributed by atoms with Crippen LogP contribution in [-0.4, -0.2) is 83.8 Å². The molecule has 2 aromatic rings. The second kappa shape index (κ2) is 12.8. The van der Waals surface area contributed by atoms with Gasteiger partial charge >= 0.3 is 0 Å². The van der Waals surface area contributed by atoms with Gasteiger partial charge in [-0.3, -0.25) is 19.4 Å². The fourth-order valence-electron chi connectivity index (χ4n) is 4.17. The van der Waals surface area contributed by atoms with Gasteiger partial charge in [-0.1, -0.05) is 44.2 Å². The van der Waals surface area contributed by atoms with E-state index >= 15 is 0 Å². The number of hydrogen-bond acceptors (Lipinski definition) is 4. The Kier molecular flexibility index (Phi) is 10.4. The summed E-state index contributed by atoms with van der Waals surface area (Å²) in [5.41, 5.74) is 2.18. The van der Waals surface area contributed by atoms with Gasteiger partial charge in [0.15, 0.2) is 5.96 Å². The third-order valence-corrected chi connectivity index (χ3v) is 5.87. The molecule has 0 bridgehead atoms. The molecule has 1 amide bonds. The van der Waals surface area contributed by atoms with Crippen molar-refractivity contribution in [3.8, 4) is 0 Å². The molecular weight excluding hydrogens is 517 g/mol. The van der Waals surface area contributed by atoms with E-state index in [1.807, 2.05) is 18.1 Å². The predicted octanol–water partition coefficient (Wildman–Crippen LogP) is 2.22. The smallest absolute Gasteiger partial charge is 0.246 e. The zero-order valence-corrected chi connectivity index (χ0v) is 21.9. The Hall–Kier alpha value is -2.14.